The van der Waals surface area contributed by atoms with Crippen molar-refractivity contribution >= 4 is 5.91 Å². The second-order valence-corrected chi connectivity index (χ2v) is 6.04. The summed E-state index contributed by atoms with van der Waals surface area (Å²) in [6.45, 7) is 8.91. The van der Waals surface area contributed by atoms with E-state index in [2.05, 4.69) is 15.1 Å². The lowest BCUT2D eigenvalue weighted by Gasteiger charge is -2.39. The van der Waals surface area contributed by atoms with Crippen LogP contribution in [0.1, 0.15) is 42.0 Å². The zero-order chi connectivity index (χ0) is 16.6. The lowest BCUT2D eigenvalue weighted by atomic mass is 10.1. The monoisotopic (exact) mass is 315 g/mol. The minimum Gasteiger partial charge on any atom is -0.475 e. The fourth-order valence-electron chi connectivity index (χ4n) is 2.66. The van der Waals surface area contributed by atoms with Crippen molar-refractivity contribution in [1.82, 2.24) is 24.6 Å². The Morgan fingerprint density at radius 2 is 2.00 bits per heavy atom. The van der Waals surface area contributed by atoms with Gasteiger partial charge in [0.25, 0.3) is 5.91 Å². The highest BCUT2D eigenvalue weighted by atomic mass is 16.5. The maximum Gasteiger partial charge on any atom is 0.272 e. The van der Waals surface area contributed by atoms with Crippen LogP contribution in [-0.4, -0.2) is 49.7 Å². The molecule has 0 atom stereocenters. The molecule has 1 aliphatic rings. The van der Waals surface area contributed by atoms with E-state index in [1.807, 2.05) is 32.4 Å². The quantitative estimate of drug-likeness (QED) is 0.860. The highest BCUT2D eigenvalue weighted by molar-refractivity contribution is 5.93. The average Bonchev–Trinajstić information content (AvgIpc) is 2.75. The van der Waals surface area contributed by atoms with E-state index in [0.29, 0.717) is 24.7 Å². The van der Waals surface area contributed by atoms with Gasteiger partial charge in [-0.15, -0.1) is 0 Å². The van der Waals surface area contributed by atoms with Crippen LogP contribution in [0.5, 0.6) is 5.88 Å². The van der Waals surface area contributed by atoms with Gasteiger partial charge in [-0.25, -0.2) is 14.6 Å². The van der Waals surface area contributed by atoms with Crippen LogP contribution in [-0.2, 0) is 0 Å². The normalized spacial score (nSPS) is 14.9. The third-order valence-electron chi connectivity index (χ3n) is 3.70. The predicted molar refractivity (Wildman–Crippen MR) is 84.4 cm³/mol. The number of likely N-dealkylation sites (tertiary alicyclic amines) is 1. The van der Waals surface area contributed by atoms with E-state index < -0.39 is 0 Å². The van der Waals surface area contributed by atoms with E-state index in [9.17, 15) is 4.79 Å². The summed E-state index contributed by atoms with van der Waals surface area (Å²) in [4.78, 5) is 22.8. The molecule has 23 heavy (non-hydrogen) atoms. The van der Waals surface area contributed by atoms with Crippen molar-refractivity contribution in [3.05, 3.63) is 35.5 Å². The van der Waals surface area contributed by atoms with Gasteiger partial charge < -0.3 is 9.64 Å². The summed E-state index contributed by atoms with van der Waals surface area (Å²) in [7, 11) is 0. The van der Waals surface area contributed by atoms with Gasteiger partial charge >= 0.3 is 0 Å². The lowest BCUT2D eigenvalue weighted by Crippen LogP contribution is -2.51. The standard InChI is InChI=1S/C16H21N5O2/c1-10(2)23-15-7-5-6-14(18-15)16(22)20-8-13(9-20)21-12(4)17-11(3)19-21/h5-7,10,13H,8-9H2,1-4H3. The second kappa shape index (κ2) is 5.98. The van der Waals surface area contributed by atoms with Gasteiger partial charge in [0, 0.05) is 19.2 Å². The van der Waals surface area contributed by atoms with Gasteiger partial charge in [0.15, 0.2) is 0 Å². The molecule has 0 bridgehead atoms. The fourth-order valence-corrected chi connectivity index (χ4v) is 2.66. The number of hydrogen-bond acceptors (Lipinski definition) is 5. The lowest BCUT2D eigenvalue weighted by molar-refractivity contribution is 0.0489. The molecule has 3 rings (SSSR count). The van der Waals surface area contributed by atoms with Crippen molar-refractivity contribution in [3.8, 4) is 5.88 Å². The first-order valence-electron chi connectivity index (χ1n) is 7.77. The molecule has 0 spiro atoms. The molecule has 0 saturated carbocycles. The Bertz CT molecular complexity index is 719. The summed E-state index contributed by atoms with van der Waals surface area (Å²) in [5.74, 6) is 2.04. The molecule has 0 aromatic carbocycles. The number of nitrogens with zero attached hydrogens (tertiary/aromatic N) is 5. The van der Waals surface area contributed by atoms with Crippen LogP contribution in [0.2, 0.25) is 0 Å². The molecule has 7 nitrogen and oxygen atoms in total. The number of carbonyl (C=O) groups is 1. The van der Waals surface area contributed by atoms with Crippen molar-refractivity contribution < 1.29 is 9.53 Å². The van der Waals surface area contributed by atoms with Gasteiger partial charge in [0.1, 0.15) is 17.3 Å². The third kappa shape index (κ3) is 3.18. The molecule has 2 aromatic rings. The number of hydrogen-bond donors (Lipinski definition) is 0. The van der Waals surface area contributed by atoms with Crippen molar-refractivity contribution in [2.24, 2.45) is 0 Å². The van der Waals surface area contributed by atoms with Gasteiger partial charge in [-0.05, 0) is 33.8 Å². The maximum atomic E-state index is 12.5. The molecular weight excluding hydrogens is 294 g/mol. The largest absolute Gasteiger partial charge is 0.475 e. The number of aryl methyl sites for hydroxylation is 2. The minimum atomic E-state index is -0.0788. The molecule has 1 amide bonds. The number of aromatic nitrogens is 4. The molecule has 0 unspecified atom stereocenters. The van der Waals surface area contributed by atoms with Gasteiger partial charge in [-0.2, -0.15) is 5.10 Å². The Kier molecular flexibility index (Phi) is 4.02. The molecule has 3 heterocycles. The summed E-state index contributed by atoms with van der Waals surface area (Å²) in [6, 6.07) is 5.46. The molecule has 1 fully saturated rings. The van der Waals surface area contributed by atoms with Crippen molar-refractivity contribution in [2.75, 3.05) is 13.1 Å². The van der Waals surface area contributed by atoms with Crippen LogP contribution < -0.4 is 4.74 Å². The SMILES string of the molecule is Cc1nc(C)n(C2CN(C(=O)c3cccc(OC(C)C)n3)C2)n1. The van der Waals surface area contributed by atoms with Crippen LogP contribution >= 0.6 is 0 Å². The van der Waals surface area contributed by atoms with E-state index in [1.165, 1.54) is 0 Å². The molecule has 0 aliphatic carbocycles. The number of ether oxygens (including phenoxy) is 1. The van der Waals surface area contributed by atoms with Crippen LogP contribution in [0.25, 0.3) is 0 Å². The Morgan fingerprint density at radius 3 is 2.61 bits per heavy atom. The van der Waals surface area contributed by atoms with Gasteiger partial charge in [0.2, 0.25) is 5.88 Å². The molecule has 1 aliphatic heterocycles. The van der Waals surface area contributed by atoms with E-state index in [-0.39, 0.29) is 18.1 Å². The van der Waals surface area contributed by atoms with Crippen molar-refractivity contribution in [1.29, 1.82) is 0 Å². The van der Waals surface area contributed by atoms with Gasteiger partial charge in [-0.3, -0.25) is 4.79 Å². The summed E-state index contributed by atoms with van der Waals surface area (Å²) < 4.78 is 7.43. The van der Waals surface area contributed by atoms with E-state index in [0.717, 1.165) is 11.6 Å². The first-order chi connectivity index (χ1) is 10.9. The second-order valence-electron chi connectivity index (χ2n) is 6.04. The molecule has 1 saturated heterocycles. The number of rotatable bonds is 4. The Labute approximate surface area is 135 Å². The predicted octanol–water partition coefficient (Wildman–Crippen LogP) is 1.77. The summed E-state index contributed by atoms with van der Waals surface area (Å²) in [6.07, 6.45) is 0.0276. The number of pyridine rings is 1. The Morgan fingerprint density at radius 1 is 1.26 bits per heavy atom. The van der Waals surface area contributed by atoms with E-state index in [4.69, 9.17) is 4.74 Å². The van der Waals surface area contributed by atoms with E-state index in [1.54, 1.807) is 23.1 Å². The van der Waals surface area contributed by atoms with Crippen LogP contribution in [0, 0.1) is 13.8 Å². The Balaban J connectivity index is 1.65. The van der Waals surface area contributed by atoms with Gasteiger partial charge in [-0.1, -0.05) is 6.07 Å². The topological polar surface area (TPSA) is 73.1 Å². The van der Waals surface area contributed by atoms with Crippen molar-refractivity contribution in [2.45, 2.75) is 39.8 Å². The third-order valence-corrected chi connectivity index (χ3v) is 3.70. The molecule has 7 heteroatoms. The molecule has 2 aromatic heterocycles. The highest BCUT2D eigenvalue weighted by Crippen LogP contribution is 2.23. The molecule has 0 N–H and O–H groups in total. The molecular formula is C16H21N5O2. The van der Waals surface area contributed by atoms with Crippen LogP contribution in [0.3, 0.4) is 0 Å². The summed E-state index contributed by atoms with van der Waals surface area (Å²) in [5, 5.41) is 4.38. The van der Waals surface area contributed by atoms with Crippen LogP contribution in [0.4, 0.5) is 0 Å². The average molecular weight is 315 g/mol. The minimum absolute atomic E-state index is 0.0276. The molecule has 0 radical (unpaired) electrons. The van der Waals surface area contributed by atoms with Gasteiger partial charge in [0.05, 0.1) is 12.1 Å². The smallest absolute Gasteiger partial charge is 0.272 e. The summed E-state index contributed by atoms with van der Waals surface area (Å²) >= 11 is 0. The number of amides is 1. The molecule has 122 valence electrons. The van der Waals surface area contributed by atoms with Crippen molar-refractivity contribution in [3.63, 3.8) is 0 Å². The fraction of sp³-hybridized carbons (Fsp3) is 0.500. The number of carbonyl (C=O) groups excluding carboxylic acids is 1. The summed E-state index contributed by atoms with van der Waals surface area (Å²) in [5.41, 5.74) is 0.410. The Hall–Kier alpha value is -2.44. The first kappa shape index (κ1) is 15.5. The first-order valence-corrected chi connectivity index (χ1v) is 7.77. The highest BCUT2D eigenvalue weighted by Gasteiger charge is 2.34. The zero-order valence-corrected chi connectivity index (χ0v) is 13.9. The maximum absolute atomic E-state index is 12.5. The zero-order valence-electron chi connectivity index (χ0n) is 13.9. The van der Waals surface area contributed by atoms with E-state index >= 15 is 0 Å². The van der Waals surface area contributed by atoms with Crippen LogP contribution in [0.15, 0.2) is 18.2 Å².